The number of carbonyl (C=O) groups excluding carboxylic acids is 1. The first kappa shape index (κ1) is 16.5. The molecule has 9 heteroatoms. The van der Waals surface area contributed by atoms with Crippen molar-refractivity contribution in [3.63, 3.8) is 0 Å². The lowest BCUT2D eigenvalue weighted by molar-refractivity contribution is -0.143. The molecule has 0 fully saturated rings. The van der Waals surface area contributed by atoms with Crippen LogP contribution in [0.15, 0.2) is 18.2 Å². The van der Waals surface area contributed by atoms with Crippen LogP contribution in [-0.4, -0.2) is 30.2 Å². The third-order valence-corrected chi connectivity index (χ3v) is 2.20. The van der Waals surface area contributed by atoms with Crippen molar-refractivity contribution >= 4 is 17.6 Å². The van der Waals surface area contributed by atoms with E-state index in [4.69, 9.17) is 10.4 Å². The number of carboxylic acid groups (broad SMARTS) is 1. The van der Waals surface area contributed by atoms with Gasteiger partial charge in [0.1, 0.15) is 19.3 Å². The van der Waals surface area contributed by atoms with Crippen molar-refractivity contribution in [3.8, 4) is 6.07 Å². The van der Waals surface area contributed by atoms with Crippen molar-refractivity contribution in [2.24, 2.45) is 0 Å². The summed E-state index contributed by atoms with van der Waals surface area (Å²) in [5.74, 6) is -2.05. The number of aliphatic carboxylic acids is 1. The van der Waals surface area contributed by atoms with Gasteiger partial charge in [-0.1, -0.05) is 0 Å². The van der Waals surface area contributed by atoms with Gasteiger partial charge in [0.25, 0.3) is 0 Å². The summed E-state index contributed by atoms with van der Waals surface area (Å²) in [6.45, 7) is -1.29. The Balaban J connectivity index is 2.78. The summed E-state index contributed by atoms with van der Waals surface area (Å²) in [7, 11) is 0. The Morgan fingerprint density at radius 1 is 1.33 bits per heavy atom. The second-order valence-corrected chi connectivity index (χ2v) is 3.80. The van der Waals surface area contributed by atoms with Gasteiger partial charge in [0.05, 0.1) is 16.8 Å². The fourth-order valence-corrected chi connectivity index (χ4v) is 1.34. The Bertz CT molecular complexity index is 593. The Morgan fingerprint density at radius 3 is 2.52 bits per heavy atom. The molecular weight excluding hydrogens is 293 g/mol. The van der Waals surface area contributed by atoms with Crippen molar-refractivity contribution in [1.29, 1.82) is 5.26 Å². The fourth-order valence-electron chi connectivity index (χ4n) is 1.34. The Kier molecular flexibility index (Phi) is 5.26. The quantitative estimate of drug-likeness (QED) is 0.861. The van der Waals surface area contributed by atoms with E-state index < -0.39 is 36.8 Å². The van der Waals surface area contributed by atoms with Crippen LogP contribution in [-0.2, 0) is 20.5 Å². The topological polar surface area (TPSA) is 99.4 Å². The maximum Gasteiger partial charge on any atom is 0.416 e. The lowest BCUT2D eigenvalue weighted by Gasteiger charge is -2.10. The lowest BCUT2D eigenvalue weighted by atomic mass is 10.1. The van der Waals surface area contributed by atoms with E-state index in [1.165, 1.54) is 6.07 Å². The molecule has 0 aliphatic carbocycles. The summed E-state index contributed by atoms with van der Waals surface area (Å²) in [5, 5.41) is 19.3. The SMILES string of the molecule is N#Cc1cc(C(F)(F)F)ccc1NC(=O)COCC(=O)O. The molecule has 1 aromatic rings. The van der Waals surface area contributed by atoms with E-state index in [1.807, 2.05) is 0 Å². The summed E-state index contributed by atoms with van der Waals surface area (Å²) in [6.07, 6.45) is -4.60. The van der Waals surface area contributed by atoms with Crippen molar-refractivity contribution in [2.75, 3.05) is 18.5 Å². The van der Waals surface area contributed by atoms with Gasteiger partial charge in [-0.25, -0.2) is 4.79 Å². The number of rotatable bonds is 5. The molecule has 0 unspecified atom stereocenters. The largest absolute Gasteiger partial charge is 0.480 e. The molecule has 0 saturated heterocycles. The van der Waals surface area contributed by atoms with Crippen LogP contribution in [0.3, 0.4) is 0 Å². The minimum Gasteiger partial charge on any atom is -0.480 e. The molecular formula is C12H9F3N2O4. The highest BCUT2D eigenvalue weighted by molar-refractivity contribution is 5.93. The average Bonchev–Trinajstić information content (AvgIpc) is 2.37. The van der Waals surface area contributed by atoms with Gasteiger partial charge in [-0.2, -0.15) is 18.4 Å². The van der Waals surface area contributed by atoms with Crippen LogP contribution in [0.4, 0.5) is 18.9 Å². The summed E-state index contributed by atoms with van der Waals surface area (Å²) >= 11 is 0. The van der Waals surface area contributed by atoms with E-state index >= 15 is 0 Å². The molecule has 6 nitrogen and oxygen atoms in total. The standard InChI is InChI=1S/C12H9F3N2O4/c13-12(14,15)8-1-2-9(7(3-8)4-16)17-10(18)5-21-6-11(19)20/h1-3H,5-6H2,(H,17,18)(H,19,20). The minimum absolute atomic E-state index is 0.116. The first-order chi connectivity index (χ1) is 9.74. The number of carbonyl (C=O) groups is 2. The van der Waals surface area contributed by atoms with Gasteiger partial charge < -0.3 is 15.2 Å². The van der Waals surface area contributed by atoms with Crippen LogP contribution in [0.1, 0.15) is 11.1 Å². The molecule has 0 bridgehead atoms. The van der Waals surface area contributed by atoms with Gasteiger partial charge in [-0.3, -0.25) is 4.79 Å². The average molecular weight is 302 g/mol. The number of ether oxygens (including phenoxy) is 1. The normalized spacial score (nSPS) is 10.8. The zero-order chi connectivity index (χ0) is 16.0. The van der Waals surface area contributed by atoms with E-state index in [-0.39, 0.29) is 11.3 Å². The lowest BCUT2D eigenvalue weighted by Crippen LogP contribution is -2.21. The molecule has 21 heavy (non-hydrogen) atoms. The van der Waals surface area contributed by atoms with Crippen molar-refractivity contribution < 1.29 is 32.6 Å². The number of nitriles is 1. The molecule has 0 aliphatic heterocycles. The van der Waals surface area contributed by atoms with E-state index in [2.05, 4.69) is 10.1 Å². The smallest absolute Gasteiger partial charge is 0.416 e. The molecule has 1 amide bonds. The van der Waals surface area contributed by atoms with Gasteiger partial charge in [0.2, 0.25) is 5.91 Å². The van der Waals surface area contributed by atoms with Crippen LogP contribution in [0.2, 0.25) is 0 Å². The molecule has 0 radical (unpaired) electrons. The van der Waals surface area contributed by atoms with Gasteiger partial charge in [-0.05, 0) is 18.2 Å². The molecule has 0 spiro atoms. The number of carboxylic acids is 1. The second kappa shape index (κ2) is 6.71. The molecule has 0 atom stereocenters. The molecule has 0 heterocycles. The van der Waals surface area contributed by atoms with E-state index in [1.54, 1.807) is 0 Å². The summed E-state index contributed by atoms with van der Waals surface area (Å²) < 4.78 is 41.9. The predicted molar refractivity (Wildman–Crippen MR) is 63.2 cm³/mol. The number of nitrogens with one attached hydrogen (secondary N) is 1. The van der Waals surface area contributed by atoms with Crippen LogP contribution < -0.4 is 5.32 Å². The maximum atomic E-state index is 12.5. The zero-order valence-electron chi connectivity index (χ0n) is 10.4. The Morgan fingerprint density at radius 2 is 2.00 bits per heavy atom. The molecule has 0 aromatic heterocycles. The molecule has 2 N–H and O–H groups in total. The Hall–Kier alpha value is -2.60. The monoisotopic (exact) mass is 302 g/mol. The Labute approximate surface area is 116 Å². The van der Waals surface area contributed by atoms with Crippen LogP contribution in [0.5, 0.6) is 0 Å². The number of benzene rings is 1. The minimum atomic E-state index is -4.60. The molecule has 1 rings (SSSR count). The van der Waals surface area contributed by atoms with Gasteiger partial charge in [0.15, 0.2) is 0 Å². The number of amides is 1. The third kappa shape index (κ3) is 5.12. The fraction of sp³-hybridized carbons (Fsp3) is 0.250. The number of anilines is 1. The molecule has 0 saturated carbocycles. The highest BCUT2D eigenvalue weighted by atomic mass is 19.4. The van der Waals surface area contributed by atoms with Gasteiger partial charge in [0, 0.05) is 0 Å². The highest BCUT2D eigenvalue weighted by Crippen LogP contribution is 2.31. The van der Waals surface area contributed by atoms with E-state index in [0.29, 0.717) is 12.1 Å². The van der Waals surface area contributed by atoms with Gasteiger partial charge in [-0.15, -0.1) is 0 Å². The van der Waals surface area contributed by atoms with E-state index in [0.717, 1.165) is 6.07 Å². The van der Waals surface area contributed by atoms with Crippen LogP contribution in [0.25, 0.3) is 0 Å². The first-order valence-corrected chi connectivity index (χ1v) is 5.44. The van der Waals surface area contributed by atoms with Crippen molar-refractivity contribution in [2.45, 2.75) is 6.18 Å². The predicted octanol–water partition coefficient (Wildman–Crippen LogP) is 1.62. The summed E-state index contributed by atoms with van der Waals surface area (Å²) in [5.41, 5.74) is -1.50. The van der Waals surface area contributed by atoms with E-state index in [9.17, 15) is 22.8 Å². The zero-order valence-corrected chi connectivity index (χ0v) is 10.4. The second-order valence-electron chi connectivity index (χ2n) is 3.80. The van der Waals surface area contributed by atoms with Crippen LogP contribution >= 0.6 is 0 Å². The number of alkyl halides is 3. The van der Waals surface area contributed by atoms with Crippen molar-refractivity contribution in [3.05, 3.63) is 29.3 Å². The van der Waals surface area contributed by atoms with Crippen LogP contribution in [0, 0.1) is 11.3 Å². The molecule has 1 aromatic carbocycles. The number of nitrogens with zero attached hydrogens (tertiary/aromatic N) is 1. The summed E-state index contributed by atoms with van der Waals surface area (Å²) in [6, 6.07) is 3.80. The number of hydrogen-bond donors (Lipinski definition) is 2. The molecule has 112 valence electrons. The van der Waals surface area contributed by atoms with Crippen molar-refractivity contribution in [1.82, 2.24) is 0 Å². The highest BCUT2D eigenvalue weighted by Gasteiger charge is 2.31. The third-order valence-electron chi connectivity index (χ3n) is 2.20. The number of halogens is 3. The number of hydrogen-bond acceptors (Lipinski definition) is 4. The summed E-state index contributed by atoms with van der Waals surface area (Å²) in [4.78, 5) is 21.5. The first-order valence-electron chi connectivity index (χ1n) is 5.44. The molecule has 0 aliphatic rings. The van der Waals surface area contributed by atoms with Gasteiger partial charge >= 0.3 is 12.1 Å². The maximum absolute atomic E-state index is 12.5.